The first kappa shape index (κ1) is 13.5. The Kier molecular flexibility index (Phi) is 5.81. The van der Waals surface area contributed by atoms with Gasteiger partial charge in [-0.2, -0.15) is 0 Å². The fourth-order valence-electron chi connectivity index (χ4n) is 1.70. The summed E-state index contributed by atoms with van der Waals surface area (Å²) in [7, 11) is 0. The van der Waals surface area contributed by atoms with Gasteiger partial charge in [-0.3, -0.25) is 4.90 Å². The fourth-order valence-corrected chi connectivity index (χ4v) is 1.83. The largest absolute Gasteiger partial charge is 0.329 e. The zero-order valence-electron chi connectivity index (χ0n) is 10.1. The van der Waals surface area contributed by atoms with E-state index < -0.39 is 0 Å². The molecule has 1 unspecified atom stereocenters. The van der Waals surface area contributed by atoms with Gasteiger partial charge >= 0.3 is 0 Å². The van der Waals surface area contributed by atoms with Crippen molar-refractivity contribution in [2.45, 2.75) is 32.9 Å². The lowest BCUT2D eigenvalue weighted by Crippen LogP contribution is -2.36. The van der Waals surface area contributed by atoms with Crippen LogP contribution in [0.2, 0.25) is 5.02 Å². The molecular formula is C13H21ClN2. The maximum absolute atomic E-state index is 5.87. The minimum Gasteiger partial charge on any atom is -0.329 e. The lowest BCUT2D eigenvalue weighted by atomic mass is 10.1. The molecule has 0 fully saturated rings. The molecule has 0 saturated heterocycles. The summed E-state index contributed by atoms with van der Waals surface area (Å²) in [6.07, 6.45) is 1.15. The van der Waals surface area contributed by atoms with E-state index in [0.29, 0.717) is 12.6 Å². The third-order valence-electron chi connectivity index (χ3n) is 2.93. The van der Waals surface area contributed by atoms with E-state index in [1.807, 2.05) is 12.1 Å². The van der Waals surface area contributed by atoms with Gasteiger partial charge in [-0.25, -0.2) is 0 Å². The van der Waals surface area contributed by atoms with E-state index in [4.69, 9.17) is 17.3 Å². The number of rotatable bonds is 6. The molecule has 0 aliphatic rings. The molecule has 90 valence electrons. The van der Waals surface area contributed by atoms with Gasteiger partial charge < -0.3 is 5.73 Å². The van der Waals surface area contributed by atoms with Crippen molar-refractivity contribution in [2.24, 2.45) is 5.73 Å². The molecule has 2 N–H and O–H groups in total. The lowest BCUT2D eigenvalue weighted by Gasteiger charge is -2.27. The first-order valence-corrected chi connectivity index (χ1v) is 6.23. The summed E-state index contributed by atoms with van der Waals surface area (Å²) in [5.74, 6) is 0. The maximum atomic E-state index is 5.87. The molecule has 0 aliphatic carbocycles. The topological polar surface area (TPSA) is 29.3 Å². The molecule has 3 heteroatoms. The average Bonchev–Trinajstić information content (AvgIpc) is 2.30. The van der Waals surface area contributed by atoms with Gasteiger partial charge in [-0.05, 0) is 31.0 Å². The molecule has 0 spiro atoms. The molecule has 1 aromatic carbocycles. The van der Waals surface area contributed by atoms with E-state index in [2.05, 4.69) is 30.9 Å². The first-order chi connectivity index (χ1) is 7.67. The SMILES string of the molecule is CCC(C)N(CCN)Cc1ccc(Cl)cc1. The van der Waals surface area contributed by atoms with Crippen LogP contribution in [0.25, 0.3) is 0 Å². The van der Waals surface area contributed by atoms with Crippen molar-refractivity contribution >= 4 is 11.6 Å². The minimum atomic E-state index is 0.569. The van der Waals surface area contributed by atoms with Crippen molar-refractivity contribution < 1.29 is 0 Å². The predicted octanol–water partition coefficient (Wildman–Crippen LogP) is 2.90. The molecule has 0 bridgehead atoms. The Morgan fingerprint density at radius 2 is 1.94 bits per heavy atom. The lowest BCUT2D eigenvalue weighted by molar-refractivity contribution is 0.201. The molecule has 0 radical (unpaired) electrons. The van der Waals surface area contributed by atoms with Crippen LogP contribution in [0.1, 0.15) is 25.8 Å². The van der Waals surface area contributed by atoms with Crippen LogP contribution in [-0.4, -0.2) is 24.0 Å². The van der Waals surface area contributed by atoms with E-state index in [9.17, 15) is 0 Å². The summed E-state index contributed by atoms with van der Waals surface area (Å²) in [4.78, 5) is 2.41. The number of hydrogen-bond acceptors (Lipinski definition) is 2. The zero-order chi connectivity index (χ0) is 12.0. The quantitative estimate of drug-likeness (QED) is 0.829. The van der Waals surface area contributed by atoms with Gasteiger partial charge in [0, 0.05) is 30.7 Å². The molecule has 0 aromatic heterocycles. The number of nitrogens with zero attached hydrogens (tertiary/aromatic N) is 1. The van der Waals surface area contributed by atoms with Crippen LogP contribution in [0.3, 0.4) is 0 Å². The normalized spacial score (nSPS) is 13.1. The van der Waals surface area contributed by atoms with Gasteiger partial charge in [0.15, 0.2) is 0 Å². The van der Waals surface area contributed by atoms with Gasteiger partial charge in [-0.1, -0.05) is 30.7 Å². The number of halogens is 1. The second kappa shape index (κ2) is 6.89. The van der Waals surface area contributed by atoms with Gasteiger partial charge in [0.25, 0.3) is 0 Å². The second-order valence-corrected chi connectivity index (χ2v) is 4.58. The molecule has 1 atom stereocenters. The highest BCUT2D eigenvalue weighted by Gasteiger charge is 2.11. The number of hydrogen-bond donors (Lipinski definition) is 1. The highest BCUT2D eigenvalue weighted by molar-refractivity contribution is 6.30. The van der Waals surface area contributed by atoms with Crippen LogP contribution in [0, 0.1) is 0 Å². The third-order valence-corrected chi connectivity index (χ3v) is 3.18. The van der Waals surface area contributed by atoms with Crippen LogP contribution in [0.5, 0.6) is 0 Å². The van der Waals surface area contributed by atoms with Gasteiger partial charge in [0.1, 0.15) is 0 Å². The summed E-state index contributed by atoms with van der Waals surface area (Å²) in [6.45, 7) is 7.04. The van der Waals surface area contributed by atoms with Crippen molar-refractivity contribution in [1.29, 1.82) is 0 Å². The van der Waals surface area contributed by atoms with Crippen molar-refractivity contribution in [3.8, 4) is 0 Å². The van der Waals surface area contributed by atoms with Crippen LogP contribution < -0.4 is 5.73 Å². The second-order valence-electron chi connectivity index (χ2n) is 4.14. The van der Waals surface area contributed by atoms with Crippen LogP contribution >= 0.6 is 11.6 Å². The van der Waals surface area contributed by atoms with Crippen LogP contribution in [0.4, 0.5) is 0 Å². The van der Waals surface area contributed by atoms with E-state index in [-0.39, 0.29) is 0 Å². The Morgan fingerprint density at radius 3 is 2.44 bits per heavy atom. The Hall–Kier alpha value is -0.570. The molecular weight excluding hydrogens is 220 g/mol. The summed E-state index contributed by atoms with van der Waals surface area (Å²) in [5, 5.41) is 0.790. The van der Waals surface area contributed by atoms with Gasteiger partial charge in [0.05, 0.1) is 0 Å². The summed E-state index contributed by atoms with van der Waals surface area (Å²) >= 11 is 5.87. The van der Waals surface area contributed by atoms with Crippen LogP contribution in [0.15, 0.2) is 24.3 Å². The van der Waals surface area contributed by atoms with Crippen molar-refractivity contribution in [1.82, 2.24) is 4.90 Å². The maximum Gasteiger partial charge on any atom is 0.0406 e. The molecule has 1 aromatic rings. The van der Waals surface area contributed by atoms with Crippen LogP contribution in [-0.2, 0) is 6.54 Å². The zero-order valence-corrected chi connectivity index (χ0v) is 10.9. The molecule has 2 nitrogen and oxygen atoms in total. The summed E-state index contributed by atoms with van der Waals surface area (Å²) < 4.78 is 0. The molecule has 0 heterocycles. The van der Waals surface area contributed by atoms with Gasteiger partial charge in [0.2, 0.25) is 0 Å². The summed E-state index contributed by atoms with van der Waals surface area (Å²) in [6, 6.07) is 8.60. The number of benzene rings is 1. The Bertz CT molecular complexity index is 297. The standard InChI is InChI=1S/C13H21ClN2/c1-3-11(2)16(9-8-15)10-12-4-6-13(14)7-5-12/h4-7,11H,3,8-10,15H2,1-2H3. The van der Waals surface area contributed by atoms with Crippen molar-refractivity contribution in [2.75, 3.05) is 13.1 Å². The Morgan fingerprint density at radius 1 is 1.31 bits per heavy atom. The molecule has 0 aliphatic heterocycles. The Balaban J connectivity index is 2.63. The smallest absolute Gasteiger partial charge is 0.0406 e. The Labute approximate surface area is 103 Å². The van der Waals surface area contributed by atoms with E-state index in [1.165, 1.54) is 5.56 Å². The van der Waals surface area contributed by atoms with E-state index in [1.54, 1.807) is 0 Å². The highest BCUT2D eigenvalue weighted by atomic mass is 35.5. The molecule has 1 rings (SSSR count). The summed E-state index contributed by atoms with van der Waals surface area (Å²) in [5.41, 5.74) is 6.93. The third kappa shape index (κ3) is 4.12. The molecule has 0 amide bonds. The minimum absolute atomic E-state index is 0.569. The number of nitrogens with two attached hydrogens (primary N) is 1. The predicted molar refractivity (Wildman–Crippen MR) is 70.7 cm³/mol. The van der Waals surface area contributed by atoms with Crippen molar-refractivity contribution in [3.63, 3.8) is 0 Å². The fraction of sp³-hybridized carbons (Fsp3) is 0.538. The van der Waals surface area contributed by atoms with Crippen molar-refractivity contribution in [3.05, 3.63) is 34.9 Å². The average molecular weight is 241 g/mol. The highest BCUT2D eigenvalue weighted by Crippen LogP contribution is 2.13. The van der Waals surface area contributed by atoms with Gasteiger partial charge in [-0.15, -0.1) is 0 Å². The molecule has 16 heavy (non-hydrogen) atoms. The van der Waals surface area contributed by atoms with E-state index in [0.717, 1.165) is 24.5 Å². The molecule has 0 saturated carbocycles. The monoisotopic (exact) mass is 240 g/mol. The van der Waals surface area contributed by atoms with E-state index >= 15 is 0 Å². The first-order valence-electron chi connectivity index (χ1n) is 5.86.